The number of fused-ring (bicyclic) bond motifs is 3. The molecule has 2 aliphatic carbocycles. The Bertz CT molecular complexity index is 1360. The molecular weight excluding hydrogens is 542 g/mol. The van der Waals surface area contributed by atoms with Crippen LogP contribution in [0.4, 0.5) is 0 Å². The molecule has 1 N–H and O–H groups in total. The van der Waals surface area contributed by atoms with Crippen molar-refractivity contribution in [3.05, 3.63) is 60.1 Å². The molecule has 1 aromatic heterocycles. The topological polar surface area (TPSA) is 138 Å². The molecule has 3 fully saturated rings. The number of benzene rings is 1. The van der Waals surface area contributed by atoms with E-state index in [1.165, 1.54) is 19.5 Å². The van der Waals surface area contributed by atoms with Crippen LogP contribution < -0.4 is 5.32 Å². The van der Waals surface area contributed by atoms with Crippen molar-refractivity contribution >= 4 is 29.6 Å². The molecule has 0 radical (unpaired) electrons. The van der Waals surface area contributed by atoms with Gasteiger partial charge in [0.2, 0.25) is 5.91 Å². The Morgan fingerprint density at radius 3 is 2.50 bits per heavy atom. The molecule has 0 spiro atoms. The maximum absolute atomic E-state index is 14.1. The predicted octanol–water partition coefficient (Wildman–Crippen LogP) is 4.08. The van der Waals surface area contributed by atoms with Gasteiger partial charge in [-0.05, 0) is 48.6 Å². The number of furan rings is 1. The van der Waals surface area contributed by atoms with Gasteiger partial charge in [0.1, 0.15) is 18.8 Å². The number of Topliss-reactive ketones (excluding diaryl/α,β-unsaturated/α-hetero) is 1. The van der Waals surface area contributed by atoms with Crippen LogP contribution in [-0.4, -0.2) is 41.7 Å². The van der Waals surface area contributed by atoms with Crippen molar-refractivity contribution in [1.82, 2.24) is 5.32 Å². The normalized spacial score (nSPS) is 32.9. The fraction of sp³-hybridized carbons (Fsp3) is 0.531. The lowest BCUT2D eigenvalue weighted by molar-refractivity contribution is -0.208. The van der Waals surface area contributed by atoms with E-state index < -0.39 is 70.6 Å². The summed E-state index contributed by atoms with van der Waals surface area (Å²) in [4.78, 5) is 66.1. The quantitative estimate of drug-likeness (QED) is 0.380. The van der Waals surface area contributed by atoms with Gasteiger partial charge < -0.3 is 23.9 Å². The van der Waals surface area contributed by atoms with Gasteiger partial charge in [-0.25, -0.2) is 4.79 Å². The first-order valence-corrected chi connectivity index (χ1v) is 14.4. The van der Waals surface area contributed by atoms with Crippen LogP contribution in [0, 0.1) is 28.6 Å². The zero-order valence-corrected chi connectivity index (χ0v) is 24.3. The lowest BCUT2D eigenvalue weighted by Gasteiger charge is -2.61. The number of hydrogen-bond acceptors (Lipinski definition) is 9. The third-order valence-electron chi connectivity index (χ3n) is 9.58. The van der Waals surface area contributed by atoms with E-state index in [2.05, 4.69) is 5.32 Å². The average molecular weight is 580 g/mol. The van der Waals surface area contributed by atoms with Crippen molar-refractivity contribution in [2.24, 2.45) is 28.6 Å². The third-order valence-corrected chi connectivity index (χ3v) is 9.58. The molecule has 1 unspecified atom stereocenters. The maximum Gasteiger partial charge on any atom is 0.328 e. The number of esters is 3. The smallest absolute Gasteiger partial charge is 0.328 e. The van der Waals surface area contributed by atoms with Gasteiger partial charge in [-0.2, -0.15) is 0 Å². The SMILES string of the molecule is CC(=O)O[C@H]1C[C@@H](C(=O)NC(C)C(=O)OCc2ccccc2)[C@]2(C)CC[C@H]3C(=O)O[C@H](c4ccoc4)C[C@]3(C)[C@H]2C1=O. The molecule has 2 aromatic rings. The number of carbonyl (C=O) groups is 5. The standard InChI is InChI=1S/C32H37NO9/c1-18(29(37)40-16-20-8-6-5-7-9-20)33-28(36)23-14-24(41-19(2)34)26(35)27-31(23,3)12-10-22-30(38)42-25(15-32(22,27)4)21-11-13-39-17-21/h5-9,11,13,17-18,22-25,27H,10,12,14-16H2,1-4H3,(H,33,36)/t18?,22-,23-,24-,25-,27-,31-,32-/m0/s1. The Hall–Kier alpha value is -3.95. The van der Waals surface area contributed by atoms with Gasteiger partial charge in [0.25, 0.3) is 0 Å². The van der Waals surface area contributed by atoms with Crippen LogP contribution in [0.15, 0.2) is 53.3 Å². The minimum absolute atomic E-state index is 0.0145. The molecule has 10 nitrogen and oxygen atoms in total. The van der Waals surface area contributed by atoms with Crippen LogP contribution >= 0.6 is 0 Å². The molecule has 8 atom stereocenters. The minimum Gasteiger partial charge on any atom is -0.472 e. The Kier molecular flexibility index (Phi) is 8.00. The molecule has 1 aromatic carbocycles. The molecule has 0 bridgehead atoms. The van der Waals surface area contributed by atoms with Gasteiger partial charge in [-0.15, -0.1) is 0 Å². The first-order valence-electron chi connectivity index (χ1n) is 14.4. The van der Waals surface area contributed by atoms with E-state index in [-0.39, 0.29) is 18.8 Å². The molecule has 1 aliphatic heterocycles. The van der Waals surface area contributed by atoms with Crippen molar-refractivity contribution in [2.45, 2.75) is 78.2 Å². The number of ether oxygens (including phenoxy) is 3. The highest BCUT2D eigenvalue weighted by molar-refractivity contribution is 5.94. The fourth-order valence-corrected chi connectivity index (χ4v) is 7.59. The van der Waals surface area contributed by atoms with E-state index in [1.54, 1.807) is 13.0 Å². The summed E-state index contributed by atoms with van der Waals surface area (Å²) in [7, 11) is 0. The fourth-order valence-electron chi connectivity index (χ4n) is 7.59. The Morgan fingerprint density at radius 1 is 1.10 bits per heavy atom. The zero-order chi connectivity index (χ0) is 30.2. The van der Waals surface area contributed by atoms with Crippen molar-refractivity contribution in [3.8, 4) is 0 Å². The van der Waals surface area contributed by atoms with Crippen molar-refractivity contribution in [3.63, 3.8) is 0 Å². The van der Waals surface area contributed by atoms with Gasteiger partial charge in [0, 0.05) is 30.7 Å². The monoisotopic (exact) mass is 579 g/mol. The summed E-state index contributed by atoms with van der Waals surface area (Å²) in [6.45, 7) is 6.64. The number of nitrogens with one attached hydrogen (secondary N) is 1. The van der Waals surface area contributed by atoms with Crippen molar-refractivity contribution < 1.29 is 42.6 Å². The van der Waals surface area contributed by atoms with Gasteiger partial charge in [0.15, 0.2) is 11.9 Å². The number of cyclic esters (lactones) is 1. The van der Waals surface area contributed by atoms with E-state index in [0.29, 0.717) is 24.8 Å². The molecule has 2 saturated carbocycles. The first-order chi connectivity index (χ1) is 19.9. The number of carbonyl (C=O) groups excluding carboxylic acids is 5. The number of amides is 1. The van der Waals surface area contributed by atoms with Crippen LogP contribution in [0.25, 0.3) is 0 Å². The van der Waals surface area contributed by atoms with E-state index in [1.807, 2.05) is 44.2 Å². The Morgan fingerprint density at radius 2 is 1.83 bits per heavy atom. The summed E-state index contributed by atoms with van der Waals surface area (Å²) >= 11 is 0. The second kappa shape index (κ2) is 11.4. The molecule has 1 saturated heterocycles. The van der Waals surface area contributed by atoms with Crippen LogP contribution in [0.1, 0.15) is 70.6 Å². The van der Waals surface area contributed by atoms with E-state index in [4.69, 9.17) is 18.6 Å². The van der Waals surface area contributed by atoms with Crippen LogP contribution in [0.2, 0.25) is 0 Å². The first kappa shape index (κ1) is 29.5. The van der Waals surface area contributed by atoms with Gasteiger partial charge in [-0.3, -0.25) is 19.2 Å². The molecule has 10 heteroatoms. The van der Waals surface area contributed by atoms with Gasteiger partial charge in [0.05, 0.1) is 18.4 Å². The second-order valence-corrected chi connectivity index (χ2v) is 12.3. The Labute approximate surface area is 244 Å². The molecular formula is C32H37NO9. The lowest BCUT2D eigenvalue weighted by atomic mass is 9.43. The number of rotatable bonds is 7. The molecule has 3 aliphatic rings. The summed E-state index contributed by atoms with van der Waals surface area (Å²) in [5, 5.41) is 2.79. The summed E-state index contributed by atoms with van der Waals surface area (Å²) in [5.41, 5.74) is -0.236. The number of hydrogen-bond donors (Lipinski definition) is 1. The Balaban J connectivity index is 1.41. The predicted molar refractivity (Wildman–Crippen MR) is 147 cm³/mol. The van der Waals surface area contributed by atoms with Crippen LogP contribution in [0.5, 0.6) is 0 Å². The minimum atomic E-state index is -1.16. The average Bonchev–Trinajstić information content (AvgIpc) is 3.48. The van der Waals surface area contributed by atoms with Crippen LogP contribution in [-0.2, 0) is 44.8 Å². The molecule has 5 rings (SSSR count). The van der Waals surface area contributed by atoms with E-state index in [0.717, 1.165) is 5.56 Å². The van der Waals surface area contributed by atoms with Gasteiger partial charge in [-0.1, -0.05) is 44.2 Å². The maximum atomic E-state index is 14.1. The van der Waals surface area contributed by atoms with Gasteiger partial charge >= 0.3 is 17.9 Å². The summed E-state index contributed by atoms with van der Waals surface area (Å²) in [6.07, 6.45) is 2.42. The molecule has 1 amide bonds. The zero-order valence-electron chi connectivity index (χ0n) is 24.3. The largest absolute Gasteiger partial charge is 0.472 e. The number of ketones is 1. The second-order valence-electron chi connectivity index (χ2n) is 12.3. The van der Waals surface area contributed by atoms with E-state index >= 15 is 0 Å². The summed E-state index contributed by atoms with van der Waals surface area (Å²) in [5.74, 6) is -4.44. The van der Waals surface area contributed by atoms with E-state index in [9.17, 15) is 24.0 Å². The summed E-state index contributed by atoms with van der Waals surface area (Å²) < 4.78 is 21.9. The molecule has 224 valence electrons. The van der Waals surface area contributed by atoms with Crippen molar-refractivity contribution in [2.75, 3.05) is 0 Å². The third kappa shape index (κ3) is 5.34. The molecule has 42 heavy (non-hydrogen) atoms. The highest BCUT2D eigenvalue weighted by Crippen LogP contribution is 2.65. The molecule has 2 heterocycles. The highest BCUT2D eigenvalue weighted by Gasteiger charge is 2.67. The highest BCUT2D eigenvalue weighted by atomic mass is 16.6. The van der Waals surface area contributed by atoms with Crippen LogP contribution in [0.3, 0.4) is 0 Å². The lowest BCUT2D eigenvalue weighted by Crippen LogP contribution is -2.65. The summed E-state index contributed by atoms with van der Waals surface area (Å²) in [6, 6.07) is 9.99. The van der Waals surface area contributed by atoms with Crippen molar-refractivity contribution in [1.29, 1.82) is 0 Å².